The summed E-state index contributed by atoms with van der Waals surface area (Å²) in [5.41, 5.74) is 1.04. The summed E-state index contributed by atoms with van der Waals surface area (Å²) in [7, 11) is 1.35. The smallest absolute Gasteiger partial charge is 0.326 e. The van der Waals surface area contributed by atoms with E-state index in [2.05, 4.69) is 0 Å². The molecule has 0 saturated carbocycles. The minimum atomic E-state index is -2.24. The zero-order chi connectivity index (χ0) is 28.0. The molecule has 0 aliphatic heterocycles. The molecule has 10 heteroatoms. The first kappa shape index (κ1) is 29.6. The summed E-state index contributed by atoms with van der Waals surface area (Å²) in [5.74, 6) is -11.0. The number of esters is 1. The molecule has 3 aromatic rings. The molecule has 204 valence electrons. The molecule has 0 amide bonds. The Bertz CT molecular complexity index is 1170. The Labute approximate surface area is 223 Å². The second kappa shape index (κ2) is 12.7. The fourth-order valence-electron chi connectivity index (χ4n) is 3.69. The molecule has 0 aliphatic rings. The van der Waals surface area contributed by atoms with Gasteiger partial charge in [-0.3, -0.25) is 9.69 Å². The Morgan fingerprint density at radius 1 is 0.789 bits per heavy atom. The van der Waals surface area contributed by atoms with Crippen LogP contribution in [-0.4, -0.2) is 40.4 Å². The van der Waals surface area contributed by atoms with Crippen molar-refractivity contribution >= 4 is 17.9 Å². The van der Waals surface area contributed by atoms with E-state index in [1.807, 2.05) is 65.6 Å². The van der Waals surface area contributed by atoms with Crippen molar-refractivity contribution in [2.75, 3.05) is 13.6 Å². The standard InChI is InChI=1S/C28H29F5N2O2S/c1-28(2,3)37-27(36)20(34(4)38-26-24(32)22(30)21(29)23(31)25(26)33)17-35(15-18-11-7-5-8-12-18)16-19-13-9-6-10-14-19/h5-14,20H,15-17H2,1-4H3. The molecule has 1 unspecified atom stereocenters. The van der Waals surface area contributed by atoms with E-state index in [0.29, 0.717) is 13.1 Å². The molecule has 0 aliphatic carbocycles. The van der Waals surface area contributed by atoms with Gasteiger partial charge in [0, 0.05) is 19.6 Å². The molecule has 0 radical (unpaired) electrons. The SMILES string of the molecule is CN(Sc1c(F)c(F)c(F)c(F)c1F)C(CN(Cc1ccccc1)Cc1ccccc1)C(=O)OC(C)(C)C. The molecule has 0 spiro atoms. The average Bonchev–Trinajstić information content (AvgIpc) is 2.87. The quantitative estimate of drug-likeness (QED) is 0.0916. The number of likely N-dealkylation sites (N-methyl/N-ethyl adjacent to an activating group) is 1. The molecule has 38 heavy (non-hydrogen) atoms. The molecule has 1 atom stereocenters. The van der Waals surface area contributed by atoms with E-state index < -0.39 is 51.6 Å². The van der Waals surface area contributed by atoms with Gasteiger partial charge < -0.3 is 4.74 Å². The second-order valence-corrected chi connectivity index (χ2v) is 10.9. The number of hydrogen-bond acceptors (Lipinski definition) is 5. The lowest BCUT2D eigenvalue weighted by Crippen LogP contribution is -2.47. The number of halogens is 5. The Hall–Kier alpha value is -2.95. The number of rotatable bonds is 10. The molecule has 4 nitrogen and oxygen atoms in total. The summed E-state index contributed by atoms with van der Waals surface area (Å²) in [4.78, 5) is 14.1. The first-order valence-corrected chi connectivity index (χ1v) is 12.6. The van der Waals surface area contributed by atoms with Gasteiger partial charge in [-0.05, 0) is 50.9 Å². The van der Waals surface area contributed by atoms with Crippen LogP contribution in [0.3, 0.4) is 0 Å². The van der Waals surface area contributed by atoms with E-state index >= 15 is 0 Å². The fraction of sp³-hybridized carbons (Fsp3) is 0.321. The number of carbonyl (C=O) groups excluding carboxylic acids is 1. The zero-order valence-corrected chi connectivity index (χ0v) is 22.3. The summed E-state index contributed by atoms with van der Waals surface area (Å²) >= 11 is 0.260. The first-order chi connectivity index (χ1) is 17.9. The zero-order valence-electron chi connectivity index (χ0n) is 21.5. The van der Waals surface area contributed by atoms with Crippen molar-refractivity contribution in [3.05, 3.63) is 101 Å². The number of ether oxygens (including phenoxy) is 1. The van der Waals surface area contributed by atoms with E-state index in [1.165, 1.54) is 7.05 Å². The van der Waals surface area contributed by atoms with Crippen LogP contribution < -0.4 is 0 Å². The molecule has 0 fully saturated rings. The van der Waals surface area contributed by atoms with Crippen LogP contribution in [0.25, 0.3) is 0 Å². The van der Waals surface area contributed by atoms with E-state index in [1.54, 1.807) is 20.8 Å². The van der Waals surface area contributed by atoms with Crippen LogP contribution in [0.5, 0.6) is 0 Å². The number of benzene rings is 3. The van der Waals surface area contributed by atoms with Crippen LogP contribution in [-0.2, 0) is 22.6 Å². The van der Waals surface area contributed by atoms with Crippen LogP contribution in [0.4, 0.5) is 22.0 Å². The Morgan fingerprint density at radius 2 is 1.21 bits per heavy atom. The summed E-state index contributed by atoms with van der Waals surface area (Å²) in [5, 5.41) is 0. The van der Waals surface area contributed by atoms with Crippen molar-refractivity contribution < 1.29 is 31.5 Å². The van der Waals surface area contributed by atoms with Crippen molar-refractivity contribution in [3.8, 4) is 0 Å². The Morgan fingerprint density at radius 3 is 1.63 bits per heavy atom. The Balaban J connectivity index is 1.96. The third kappa shape index (κ3) is 7.78. The molecule has 3 rings (SSSR count). The highest BCUT2D eigenvalue weighted by atomic mass is 32.2. The number of carbonyl (C=O) groups is 1. The van der Waals surface area contributed by atoms with Gasteiger partial charge in [0.05, 0.1) is 0 Å². The number of hydrogen-bond donors (Lipinski definition) is 0. The highest BCUT2D eigenvalue weighted by Crippen LogP contribution is 2.34. The van der Waals surface area contributed by atoms with Gasteiger partial charge in [0.2, 0.25) is 5.82 Å². The molecule has 3 aromatic carbocycles. The minimum absolute atomic E-state index is 0.0393. The molecular formula is C28H29F5N2O2S. The van der Waals surface area contributed by atoms with Crippen molar-refractivity contribution in [3.63, 3.8) is 0 Å². The lowest BCUT2D eigenvalue weighted by atomic mass is 10.1. The first-order valence-electron chi connectivity index (χ1n) is 11.8. The average molecular weight is 553 g/mol. The summed E-state index contributed by atoms with van der Waals surface area (Å²) < 4.78 is 76.9. The molecule has 0 saturated heterocycles. The predicted octanol–water partition coefficient (Wildman–Crippen LogP) is 6.73. The van der Waals surface area contributed by atoms with Crippen LogP contribution in [0.2, 0.25) is 0 Å². The van der Waals surface area contributed by atoms with Crippen LogP contribution in [0.1, 0.15) is 31.9 Å². The Kier molecular flexibility index (Phi) is 9.92. The van der Waals surface area contributed by atoms with E-state index in [0.717, 1.165) is 15.4 Å². The summed E-state index contributed by atoms with van der Waals surface area (Å²) in [6.07, 6.45) is 0. The number of nitrogens with zero attached hydrogens (tertiary/aromatic N) is 2. The van der Waals surface area contributed by atoms with E-state index in [9.17, 15) is 26.7 Å². The van der Waals surface area contributed by atoms with Crippen LogP contribution in [0.15, 0.2) is 65.6 Å². The maximum absolute atomic E-state index is 14.4. The van der Waals surface area contributed by atoms with Crippen LogP contribution >= 0.6 is 11.9 Å². The molecule has 0 bridgehead atoms. The monoisotopic (exact) mass is 552 g/mol. The highest BCUT2D eigenvalue weighted by Gasteiger charge is 2.34. The lowest BCUT2D eigenvalue weighted by molar-refractivity contribution is -0.159. The van der Waals surface area contributed by atoms with Gasteiger partial charge in [-0.1, -0.05) is 60.7 Å². The minimum Gasteiger partial charge on any atom is -0.459 e. The maximum Gasteiger partial charge on any atom is 0.326 e. The molecular weight excluding hydrogens is 523 g/mol. The van der Waals surface area contributed by atoms with Crippen molar-refractivity contribution in [1.29, 1.82) is 0 Å². The van der Waals surface area contributed by atoms with Gasteiger partial charge in [-0.25, -0.2) is 26.3 Å². The fourth-order valence-corrected chi connectivity index (χ4v) is 4.60. The highest BCUT2D eigenvalue weighted by molar-refractivity contribution is 7.97. The van der Waals surface area contributed by atoms with Crippen molar-refractivity contribution in [1.82, 2.24) is 9.21 Å². The van der Waals surface area contributed by atoms with Gasteiger partial charge in [0.25, 0.3) is 0 Å². The van der Waals surface area contributed by atoms with E-state index in [-0.39, 0.29) is 18.5 Å². The van der Waals surface area contributed by atoms with Crippen LogP contribution in [0, 0.1) is 29.1 Å². The van der Waals surface area contributed by atoms with E-state index in [4.69, 9.17) is 4.74 Å². The summed E-state index contributed by atoms with van der Waals surface area (Å²) in [6, 6.07) is 17.9. The largest absolute Gasteiger partial charge is 0.459 e. The van der Waals surface area contributed by atoms with Gasteiger partial charge in [0.15, 0.2) is 23.3 Å². The maximum atomic E-state index is 14.4. The van der Waals surface area contributed by atoms with Gasteiger partial charge in [-0.15, -0.1) is 0 Å². The predicted molar refractivity (Wildman–Crippen MR) is 136 cm³/mol. The molecule has 0 N–H and O–H groups in total. The van der Waals surface area contributed by atoms with Gasteiger partial charge >= 0.3 is 5.97 Å². The lowest BCUT2D eigenvalue weighted by Gasteiger charge is -2.33. The topological polar surface area (TPSA) is 32.8 Å². The molecule has 0 heterocycles. The normalized spacial score (nSPS) is 12.7. The van der Waals surface area contributed by atoms with Crippen molar-refractivity contribution in [2.45, 2.75) is 50.4 Å². The third-order valence-electron chi connectivity index (χ3n) is 5.45. The second-order valence-electron chi connectivity index (χ2n) is 9.73. The third-order valence-corrected chi connectivity index (χ3v) is 6.54. The van der Waals surface area contributed by atoms with Gasteiger partial charge in [-0.2, -0.15) is 0 Å². The molecule has 0 aromatic heterocycles. The van der Waals surface area contributed by atoms with Crippen molar-refractivity contribution in [2.24, 2.45) is 0 Å². The van der Waals surface area contributed by atoms with Gasteiger partial charge in [0.1, 0.15) is 16.5 Å². The summed E-state index contributed by atoms with van der Waals surface area (Å²) in [6.45, 7) is 5.91.